The minimum atomic E-state index is 0.194. The van der Waals surface area contributed by atoms with E-state index in [1.807, 2.05) is 0 Å². The third-order valence-corrected chi connectivity index (χ3v) is 4.55. The predicted molar refractivity (Wildman–Crippen MR) is 66.8 cm³/mol. The fraction of sp³-hybridized carbons (Fsp3) is 0.800. The van der Waals surface area contributed by atoms with Crippen molar-refractivity contribution < 1.29 is 9.53 Å². The number of allylic oxidation sites excluding steroid dienone is 2. The summed E-state index contributed by atoms with van der Waals surface area (Å²) in [6.45, 7) is 0. The zero-order valence-electron chi connectivity index (χ0n) is 10.5. The average Bonchev–Trinajstić information content (AvgIpc) is 2.89. The van der Waals surface area contributed by atoms with Crippen LogP contribution in [0.4, 0.5) is 0 Å². The van der Waals surface area contributed by atoms with E-state index in [0.29, 0.717) is 11.9 Å². The quantitative estimate of drug-likeness (QED) is 0.732. The summed E-state index contributed by atoms with van der Waals surface area (Å²) < 4.78 is 5.80. The van der Waals surface area contributed by atoms with Crippen LogP contribution in [0.5, 0.6) is 0 Å². The van der Waals surface area contributed by atoms with E-state index in [-0.39, 0.29) is 12.0 Å². The van der Waals surface area contributed by atoms with Crippen LogP contribution in [0, 0.1) is 5.92 Å². The summed E-state index contributed by atoms with van der Waals surface area (Å²) in [5.41, 5.74) is 1.12. The lowest BCUT2D eigenvalue weighted by molar-refractivity contribution is -0.120. The summed E-state index contributed by atoms with van der Waals surface area (Å²) >= 11 is 0. The van der Waals surface area contributed by atoms with Gasteiger partial charge in [0.1, 0.15) is 0 Å². The van der Waals surface area contributed by atoms with E-state index in [1.165, 1.54) is 32.1 Å². The van der Waals surface area contributed by atoms with Crippen LogP contribution in [-0.4, -0.2) is 18.0 Å². The Bertz CT molecular complexity index is 332. The Morgan fingerprint density at radius 1 is 1.18 bits per heavy atom. The van der Waals surface area contributed by atoms with E-state index in [4.69, 9.17) is 4.74 Å². The fourth-order valence-electron chi connectivity index (χ4n) is 3.57. The Morgan fingerprint density at radius 3 is 2.82 bits per heavy atom. The zero-order chi connectivity index (χ0) is 11.7. The summed E-state index contributed by atoms with van der Waals surface area (Å²) in [7, 11) is 0. The van der Waals surface area contributed by atoms with Crippen molar-refractivity contribution in [3.05, 3.63) is 11.6 Å². The van der Waals surface area contributed by atoms with Gasteiger partial charge >= 0.3 is 0 Å². The van der Waals surface area contributed by atoms with E-state index in [0.717, 1.165) is 31.3 Å². The zero-order valence-corrected chi connectivity index (χ0v) is 10.5. The van der Waals surface area contributed by atoms with Gasteiger partial charge in [0.2, 0.25) is 0 Å². The van der Waals surface area contributed by atoms with Crippen LogP contribution in [0.25, 0.3) is 0 Å². The minimum absolute atomic E-state index is 0.194. The van der Waals surface area contributed by atoms with Crippen molar-refractivity contribution in [2.75, 3.05) is 0 Å². The van der Waals surface area contributed by atoms with E-state index in [2.05, 4.69) is 6.08 Å². The number of carbonyl (C=O) groups is 1. The molecule has 2 saturated heterocycles. The number of carbonyl (C=O) groups excluding carboxylic acids is 1. The molecule has 0 radical (unpaired) electrons. The molecule has 3 aliphatic rings. The van der Waals surface area contributed by atoms with E-state index in [9.17, 15) is 4.79 Å². The van der Waals surface area contributed by atoms with E-state index in [1.54, 1.807) is 0 Å². The van der Waals surface area contributed by atoms with Crippen LogP contribution in [0.15, 0.2) is 11.6 Å². The first kappa shape index (κ1) is 11.5. The Balaban J connectivity index is 1.68. The maximum Gasteiger partial charge on any atom is 0.164 e. The molecule has 94 valence electrons. The highest BCUT2D eigenvalue weighted by Crippen LogP contribution is 2.40. The first-order valence-corrected chi connectivity index (χ1v) is 7.23. The van der Waals surface area contributed by atoms with Crippen LogP contribution < -0.4 is 0 Å². The summed E-state index contributed by atoms with van der Waals surface area (Å²) in [4.78, 5) is 12.5. The van der Waals surface area contributed by atoms with Crippen molar-refractivity contribution in [1.82, 2.24) is 0 Å². The molecular weight excluding hydrogens is 212 g/mol. The molecule has 0 aromatic heterocycles. The third kappa shape index (κ3) is 2.33. The molecule has 2 heteroatoms. The van der Waals surface area contributed by atoms with Crippen LogP contribution in [0.1, 0.15) is 57.8 Å². The summed E-state index contributed by atoms with van der Waals surface area (Å²) in [5.74, 6) is 0.610. The molecule has 0 N–H and O–H groups in total. The second kappa shape index (κ2) is 4.93. The third-order valence-electron chi connectivity index (χ3n) is 4.55. The Hall–Kier alpha value is -0.630. The van der Waals surface area contributed by atoms with Gasteiger partial charge in [0, 0.05) is 0 Å². The van der Waals surface area contributed by atoms with Gasteiger partial charge in [-0.2, -0.15) is 0 Å². The molecule has 17 heavy (non-hydrogen) atoms. The molecule has 3 atom stereocenters. The second-order valence-electron chi connectivity index (χ2n) is 5.76. The summed E-state index contributed by atoms with van der Waals surface area (Å²) in [6.07, 6.45) is 13.3. The van der Waals surface area contributed by atoms with Crippen molar-refractivity contribution in [2.45, 2.75) is 70.0 Å². The van der Waals surface area contributed by atoms with Crippen molar-refractivity contribution in [3.63, 3.8) is 0 Å². The number of ketones is 1. The van der Waals surface area contributed by atoms with Crippen LogP contribution >= 0.6 is 0 Å². The molecule has 0 amide bonds. The lowest BCUT2D eigenvalue weighted by Crippen LogP contribution is -2.26. The largest absolute Gasteiger partial charge is 0.374 e. The van der Waals surface area contributed by atoms with Gasteiger partial charge < -0.3 is 4.74 Å². The maximum absolute atomic E-state index is 12.5. The molecule has 0 spiro atoms. The minimum Gasteiger partial charge on any atom is -0.374 e. The smallest absolute Gasteiger partial charge is 0.164 e. The molecule has 0 saturated carbocycles. The molecule has 0 aromatic carbocycles. The SMILES string of the molecule is O=C(C1=CCCCCCC1)C1CC2CCC1O2. The molecule has 2 aliphatic heterocycles. The summed E-state index contributed by atoms with van der Waals surface area (Å²) in [6, 6.07) is 0. The number of hydrogen-bond donors (Lipinski definition) is 0. The first-order valence-electron chi connectivity index (χ1n) is 7.23. The van der Waals surface area contributed by atoms with Gasteiger partial charge in [0.25, 0.3) is 0 Å². The van der Waals surface area contributed by atoms with Crippen molar-refractivity contribution in [1.29, 1.82) is 0 Å². The molecular formula is C15H22O2. The molecule has 2 nitrogen and oxygen atoms in total. The van der Waals surface area contributed by atoms with Crippen molar-refractivity contribution in [3.8, 4) is 0 Å². The molecule has 3 rings (SSSR count). The lowest BCUT2D eigenvalue weighted by Gasteiger charge is -2.20. The standard InChI is InChI=1S/C15H22O2/c16-15(11-6-4-2-1-3-5-7-11)13-10-12-8-9-14(13)17-12/h6,12-14H,1-5,7-10H2. The molecule has 2 fully saturated rings. The van der Waals surface area contributed by atoms with Crippen LogP contribution in [0.3, 0.4) is 0 Å². The molecule has 3 unspecified atom stereocenters. The van der Waals surface area contributed by atoms with Gasteiger partial charge in [-0.1, -0.05) is 18.9 Å². The highest BCUT2D eigenvalue weighted by molar-refractivity contribution is 5.97. The summed E-state index contributed by atoms with van der Waals surface area (Å²) in [5, 5.41) is 0. The lowest BCUT2D eigenvalue weighted by atomic mass is 9.82. The van der Waals surface area contributed by atoms with Gasteiger partial charge in [-0.25, -0.2) is 0 Å². The van der Waals surface area contributed by atoms with Gasteiger partial charge in [-0.15, -0.1) is 0 Å². The highest BCUT2D eigenvalue weighted by atomic mass is 16.5. The van der Waals surface area contributed by atoms with Gasteiger partial charge in [-0.3, -0.25) is 4.79 Å². The molecule has 2 heterocycles. The van der Waals surface area contributed by atoms with Gasteiger partial charge in [0.05, 0.1) is 18.1 Å². The van der Waals surface area contributed by atoms with Crippen LogP contribution in [0.2, 0.25) is 0 Å². The van der Waals surface area contributed by atoms with Gasteiger partial charge in [0.15, 0.2) is 5.78 Å². The number of ether oxygens (including phenoxy) is 1. The predicted octanol–water partition coefficient (Wildman–Crippen LogP) is 3.40. The molecule has 0 aromatic rings. The number of Topliss-reactive ketones (excluding diaryl/α,β-unsaturated/α-hetero) is 1. The number of fused-ring (bicyclic) bond motifs is 2. The Kier molecular flexibility index (Phi) is 3.32. The monoisotopic (exact) mass is 234 g/mol. The highest BCUT2D eigenvalue weighted by Gasteiger charge is 2.44. The number of rotatable bonds is 2. The Morgan fingerprint density at radius 2 is 2.06 bits per heavy atom. The number of hydrogen-bond acceptors (Lipinski definition) is 2. The second-order valence-corrected chi connectivity index (χ2v) is 5.76. The van der Waals surface area contributed by atoms with Crippen molar-refractivity contribution in [2.24, 2.45) is 5.92 Å². The van der Waals surface area contributed by atoms with Crippen LogP contribution in [-0.2, 0) is 9.53 Å². The fourth-order valence-corrected chi connectivity index (χ4v) is 3.57. The van der Waals surface area contributed by atoms with Gasteiger partial charge in [-0.05, 0) is 50.5 Å². The van der Waals surface area contributed by atoms with Crippen molar-refractivity contribution >= 4 is 5.78 Å². The first-order chi connectivity index (χ1) is 8.34. The normalized spacial score (nSPS) is 37.4. The van der Waals surface area contributed by atoms with E-state index >= 15 is 0 Å². The van der Waals surface area contributed by atoms with E-state index < -0.39 is 0 Å². The topological polar surface area (TPSA) is 26.3 Å². The molecule has 1 aliphatic carbocycles. The average molecular weight is 234 g/mol. The Labute approximate surface area is 103 Å². The maximum atomic E-state index is 12.5. The molecule has 2 bridgehead atoms.